The summed E-state index contributed by atoms with van der Waals surface area (Å²) in [4.78, 5) is 23.5. The molecule has 1 atom stereocenters. The smallest absolute Gasteiger partial charge is 0.345 e. The monoisotopic (exact) mass is 410 g/mol. The predicted octanol–water partition coefficient (Wildman–Crippen LogP) is 1.85. The molecule has 1 aliphatic rings. The number of hydrogen-bond acceptors (Lipinski definition) is 8. The minimum absolute atomic E-state index is 0.0273. The average Bonchev–Trinajstić information content (AvgIpc) is 2.71. The number of rotatable bonds is 5. The number of amides is 1. The molecule has 0 spiro atoms. The lowest BCUT2D eigenvalue weighted by Gasteiger charge is -2.19. The van der Waals surface area contributed by atoms with Gasteiger partial charge in [-0.2, -0.15) is 10.2 Å². The zero-order chi connectivity index (χ0) is 21.8. The molecule has 1 aliphatic heterocycles. The van der Waals surface area contributed by atoms with Crippen molar-refractivity contribution in [3.63, 3.8) is 0 Å². The van der Waals surface area contributed by atoms with Gasteiger partial charge in [0.1, 0.15) is 22.8 Å². The van der Waals surface area contributed by atoms with Gasteiger partial charge in [-0.15, -0.1) is 0 Å². The normalized spacial score (nSPS) is 16.6. The van der Waals surface area contributed by atoms with Gasteiger partial charge in [-0.05, 0) is 24.6 Å². The molecule has 0 fully saturated rings. The average molecular weight is 410 g/mol. The minimum atomic E-state index is -0.854. The Labute approximate surface area is 172 Å². The minimum Gasteiger partial charge on any atom is -0.507 e. The van der Waals surface area contributed by atoms with Gasteiger partial charge in [0.25, 0.3) is 0 Å². The Bertz CT molecular complexity index is 1040. The van der Waals surface area contributed by atoms with Crippen LogP contribution in [0, 0.1) is 5.92 Å². The summed E-state index contributed by atoms with van der Waals surface area (Å²) < 4.78 is 4.89. The van der Waals surface area contributed by atoms with Crippen LogP contribution in [0.1, 0.15) is 47.3 Å². The number of ether oxygens (including phenoxy) is 1. The number of nitrogens with two attached hydrogens (primary N) is 1. The van der Waals surface area contributed by atoms with E-state index in [1.807, 2.05) is 6.92 Å². The van der Waals surface area contributed by atoms with Crippen LogP contribution in [0.15, 0.2) is 46.6 Å². The van der Waals surface area contributed by atoms with Gasteiger partial charge >= 0.3 is 5.97 Å². The van der Waals surface area contributed by atoms with E-state index in [0.29, 0.717) is 12.0 Å². The van der Waals surface area contributed by atoms with Gasteiger partial charge in [0.05, 0.1) is 12.3 Å². The molecule has 5 N–H and O–H groups in total. The van der Waals surface area contributed by atoms with Gasteiger partial charge in [0.2, 0.25) is 5.91 Å². The molecule has 0 aliphatic carbocycles. The Morgan fingerprint density at radius 3 is 2.57 bits per heavy atom. The summed E-state index contributed by atoms with van der Waals surface area (Å²) in [5.41, 5.74) is 4.67. The van der Waals surface area contributed by atoms with Gasteiger partial charge in [0, 0.05) is 23.5 Å². The van der Waals surface area contributed by atoms with Crippen molar-refractivity contribution in [2.45, 2.75) is 20.3 Å². The maximum absolute atomic E-state index is 12.1. The number of aromatic hydroxyl groups is 2. The molecule has 0 bridgehead atoms. The van der Waals surface area contributed by atoms with Gasteiger partial charge in [-0.25, -0.2) is 10.2 Å². The van der Waals surface area contributed by atoms with Gasteiger partial charge in [-0.3, -0.25) is 4.79 Å². The number of carbonyl (C=O) groups is 2. The molecule has 30 heavy (non-hydrogen) atoms. The van der Waals surface area contributed by atoms with Crippen molar-refractivity contribution in [1.29, 1.82) is 0 Å². The number of phenols is 2. The van der Waals surface area contributed by atoms with E-state index in [-0.39, 0.29) is 35.3 Å². The summed E-state index contributed by atoms with van der Waals surface area (Å²) in [5, 5.41) is 28.5. The van der Waals surface area contributed by atoms with E-state index in [0.717, 1.165) is 11.3 Å². The molecule has 1 unspecified atom stereocenters. The first-order valence-corrected chi connectivity index (χ1v) is 9.34. The molecule has 2 aromatic carbocycles. The largest absolute Gasteiger partial charge is 0.507 e. The zero-order valence-corrected chi connectivity index (χ0v) is 16.5. The molecule has 9 nitrogen and oxygen atoms in total. The Kier molecular flexibility index (Phi) is 6.01. The summed E-state index contributed by atoms with van der Waals surface area (Å²) in [7, 11) is 0. The molecule has 0 saturated heterocycles. The van der Waals surface area contributed by atoms with E-state index in [2.05, 4.69) is 15.6 Å². The molecule has 1 amide bonds. The van der Waals surface area contributed by atoms with Gasteiger partial charge < -0.3 is 20.8 Å². The first kappa shape index (κ1) is 20.8. The molecule has 9 heteroatoms. The van der Waals surface area contributed by atoms with Crippen molar-refractivity contribution in [1.82, 2.24) is 5.43 Å². The maximum atomic E-state index is 12.1. The highest BCUT2D eigenvalue weighted by molar-refractivity contribution is 6.16. The van der Waals surface area contributed by atoms with Crippen molar-refractivity contribution >= 4 is 23.3 Å². The number of nitrogens with zero attached hydrogens (tertiary/aromatic N) is 2. The highest BCUT2D eigenvalue weighted by Gasteiger charge is 2.24. The molecule has 0 aromatic heterocycles. The fourth-order valence-corrected chi connectivity index (χ4v) is 3.28. The second-order valence-corrected chi connectivity index (χ2v) is 6.77. The number of hydrazone groups is 2. The number of nitrogens with one attached hydrogen (secondary N) is 1. The lowest BCUT2D eigenvalue weighted by molar-refractivity contribution is -0.121. The van der Waals surface area contributed by atoms with Crippen LogP contribution in [0.4, 0.5) is 0 Å². The molecular formula is C21H22N4O5. The van der Waals surface area contributed by atoms with Crippen molar-refractivity contribution in [2.24, 2.45) is 22.0 Å². The Hall–Kier alpha value is -3.88. The van der Waals surface area contributed by atoms with Crippen LogP contribution < -0.4 is 11.3 Å². The summed E-state index contributed by atoms with van der Waals surface area (Å²) in [6.07, 6.45) is 0.355. The topological polar surface area (TPSA) is 147 Å². The highest BCUT2D eigenvalue weighted by Crippen LogP contribution is 2.33. The first-order chi connectivity index (χ1) is 14.4. The zero-order valence-electron chi connectivity index (χ0n) is 16.5. The number of benzene rings is 2. The first-order valence-electron chi connectivity index (χ1n) is 9.34. The second kappa shape index (κ2) is 8.64. The standard InChI is InChI=1S/C21H22N4O5/c1-3-30-21(29)17-15(26)9-8-14(20(17)28)19(23-22)13-6-4-12(5-7-13)18-11(2)10-16(27)24-25-18/h4-9,11,26,28H,3,10,22H2,1-2H3,(H,24,27). The molecule has 0 radical (unpaired) electrons. The Balaban J connectivity index is 1.97. The third-order valence-electron chi connectivity index (χ3n) is 4.73. The SMILES string of the molecule is CCOC(=O)c1c(O)ccc(C(=NN)c2ccc(C3=NNC(=O)CC3C)cc2)c1O. The van der Waals surface area contributed by atoms with E-state index in [1.165, 1.54) is 12.1 Å². The van der Waals surface area contributed by atoms with Crippen LogP contribution in [0.5, 0.6) is 11.5 Å². The summed E-state index contributed by atoms with van der Waals surface area (Å²) in [6, 6.07) is 9.76. The van der Waals surface area contributed by atoms with E-state index >= 15 is 0 Å². The number of esters is 1. The van der Waals surface area contributed by atoms with Gasteiger partial charge in [0.15, 0.2) is 0 Å². The van der Waals surface area contributed by atoms with E-state index in [1.54, 1.807) is 31.2 Å². The molecule has 2 aromatic rings. The number of phenolic OH excluding ortho intramolecular Hbond substituents is 2. The van der Waals surface area contributed by atoms with E-state index < -0.39 is 17.5 Å². The number of hydrogen-bond donors (Lipinski definition) is 4. The van der Waals surface area contributed by atoms with Crippen LogP contribution in [-0.2, 0) is 9.53 Å². The molecule has 0 saturated carbocycles. The fraction of sp³-hybridized carbons (Fsp3) is 0.238. The Morgan fingerprint density at radius 2 is 1.97 bits per heavy atom. The summed E-state index contributed by atoms with van der Waals surface area (Å²) >= 11 is 0. The molecule has 156 valence electrons. The maximum Gasteiger partial charge on any atom is 0.345 e. The van der Waals surface area contributed by atoms with Gasteiger partial charge in [-0.1, -0.05) is 31.2 Å². The van der Waals surface area contributed by atoms with Crippen LogP contribution >= 0.6 is 0 Å². The second-order valence-electron chi connectivity index (χ2n) is 6.77. The van der Waals surface area contributed by atoms with Crippen molar-refractivity contribution in [3.05, 3.63) is 58.7 Å². The predicted molar refractivity (Wildman–Crippen MR) is 110 cm³/mol. The quantitative estimate of drug-likeness (QED) is 0.256. The lowest BCUT2D eigenvalue weighted by atomic mass is 9.92. The Morgan fingerprint density at radius 1 is 1.27 bits per heavy atom. The van der Waals surface area contributed by atoms with Crippen molar-refractivity contribution < 1.29 is 24.5 Å². The third kappa shape index (κ3) is 3.95. The number of carbonyl (C=O) groups excluding carboxylic acids is 2. The summed E-state index contributed by atoms with van der Waals surface area (Å²) in [5.74, 6) is 3.68. The fourth-order valence-electron chi connectivity index (χ4n) is 3.28. The lowest BCUT2D eigenvalue weighted by Crippen LogP contribution is -2.31. The van der Waals surface area contributed by atoms with Crippen LogP contribution in [0.3, 0.4) is 0 Å². The van der Waals surface area contributed by atoms with Crippen LogP contribution in [-0.4, -0.2) is 40.1 Å². The van der Waals surface area contributed by atoms with Crippen molar-refractivity contribution in [2.75, 3.05) is 6.61 Å². The molecular weight excluding hydrogens is 388 g/mol. The van der Waals surface area contributed by atoms with E-state index in [4.69, 9.17) is 10.6 Å². The third-order valence-corrected chi connectivity index (χ3v) is 4.73. The summed E-state index contributed by atoms with van der Waals surface area (Å²) in [6.45, 7) is 3.63. The van der Waals surface area contributed by atoms with Crippen LogP contribution in [0.25, 0.3) is 0 Å². The van der Waals surface area contributed by atoms with Crippen LogP contribution in [0.2, 0.25) is 0 Å². The molecule has 1 heterocycles. The van der Waals surface area contributed by atoms with Crippen molar-refractivity contribution in [3.8, 4) is 11.5 Å². The highest BCUT2D eigenvalue weighted by atomic mass is 16.5. The molecule has 3 rings (SSSR count). The van der Waals surface area contributed by atoms with E-state index in [9.17, 15) is 19.8 Å².